The summed E-state index contributed by atoms with van der Waals surface area (Å²) < 4.78 is 0. The molecule has 0 aromatic heterocycles. The van der Waals surface area contributed by atoms with E-state index < -0.39 is 0 Å². The molecule has 0 bridgehead atoms. The van der Waals surface area contributed by atoms with E-state index in [2.05, 4.69) is 53.0 Å². The molecule has 1 aromatic rings. The molecule has 0 saturated carbocycles. The van der Waals surface area contributed by atoms with Gasteiger partial charge in [0.05, 0.1) is 0 Å². The lowest BCUT2D eigenvalue weighted by molar-refractivity contribution is 0.588. The average molecular weight is 244 g/mol. The van der Waals surface area contributed by atoms with E-state index in [4.69, 9.17) is 0 Å². The molecule has 0 aliphatic heterocycles. The molecule has 0 N–H and O–H groups in total. The maximum Gasteiger partial charge on any atom is -0.0126 e. The van der Waals surface area contributed by atoms with Gasteiger partial charge in [-0.3, -0.25) is 0 Å². The van der Waals surface area contributed by atoms with E-state index in [-0.39, 0.29) is 5.41 Å². The number of aryl methyl sites for hydroxylation is 1. The molecular formula is C18H28. The van der Waals surface area contributed by atoms with Crippen LogP contribution in [0.15, 0.2) is 25.3 Å². The van der Waals surface area contributed by atoms with Crippen LogP contribution >= 0.6 is 0 Å². The second-order valence-corrected chi connectivity index (χ2v) is 5.11. The molecule has 0 nitrogen and oxygen atoms in total. The number of rotatable bonds is 3. The van der Waals surface area contributed by atoms with E-state index in [1.807, 2.05) is 26.0 Å². The van der Waals surface area contributed by atoms with E-state index in [9.17, 15) is 0 Å². The summed E-state index contributed by atoms with van der Waals surface area (Å²) in [6.45, 7) is 20.7. The topological polar surface area (TPSA) is 0 Å². The molecule has 1 rings (SSSR count). The molecule has 0 atom stereocenters. The fourth-order valence-electron chi connectivity index (χ4n) is 2.10. The first kappa shape index (κ1) is 16.7. The van der Waals surface area contributed by atoms with Crippen LogP contribution in [-0.4, -0.2) is 0 Å². The first-order chi connectivity index (χ1) is 8.45. The highest BCUT2D eigenvalue weighted by Gasteiger charge is 2.19. The van der Waals surface area contributed by atoms with Crippen LogP contribution in [0.3, 0.4) is 0 Å². The Labute approximate surface area is 113 Å². The van der Waals surface area contributed by atoms with Crippen LogP contribution in [0.5, 0.6) is 0 Å². The van der Waals surface area contributed by atoms with Gasteiger partial charge in [-0.2, -0.15) is 0 Å². The molecule has 0 heteroatoms. The smallest absolute Gasteiger partial charge is 0.0126 e. The molecule has 18 heavy (non-hydrogen) atoms. The van der Waals surface area contributed by atoms with Crippen molar-refractivity contribution >= 4 is 12.2 Å². The predicted molar refractivity (Wildman–Crippen MR) is 86.1 cm³/mol. The second kappa shape index (κ2) is 7.20. The van der Waals surface area contributed by atoms with Crippen LogP contribution in [0.4, 0.5) is 0 Å². The fraction of sp³-hybridized carbons (Fsp3) is 0.444. The summed E-state index contributed by atoms with van der Waals surface area (Å²) in [7, 11) is 0. The summed E-state index contributed by atoms with van der Waals surface area (Å²) in [5.74, 6) is 0. The maximum atomic E-state index is 3.94. The number of hydrogen-bond acceptors (Lipinski definition) is 0. The Hall–Kier alpha value is -1.30. The summed E-state index contributed by atoms with van der Waals surface area (Å²) in [6.07, 6.45) is 4.94. The minimum Gasteiger partial charge on any atom is -0.0984 e. The first-order valence-electron chi connectivity index (χ1n) is 6.87. The Morgan fingerprint density at radius 3 is 1.83 bits per heavy atom. The fourth-order valence-corrected chi connectivity index (χ4v) is 2.10. The SMILES string of the molecule is C=Cc1c(CC)ccc(C(C)(C)C)c1C=C.CC. The van der Waals surface area contributed by atoms with Crippen LogP contribution in [0.2, 0.25) is 0 Å². The molecule has 0 amide bonds. The van der Waals surface area contributed by atoms with Crippen LogP contribution in [-0.2, 0) is 11.8 Å². The quantitative estimate of drug-likeness (QED) is 0.625. The molecular weight excluding hydrogens is 216 g/mol. The number of hydrogen-bond donors (Lipinski definition) is 0. The zero-order chi connectivity index (χ0) is 14.3. The van der Waals surface area contributed by atoms with Crippen LogP contribution in [0, 0.1) is 0 Å². The van der Waals surface area contributed by atoms with Crippen LogP contribution in [0.25, 0.3) is 12.2 Å². The number of benzene rings is 1. The Morgan fingerprint density at radius 2 is 1.50 bits per heavy atom. The van der Waals surface area contributed by atoms with Gasteiger partial charge in [-0.25, -0.2) is 0 Å². The van der Waals surface area contributed by atoms with Crippen molar-refractivity contribution in [2.75, 3.05) is 0 Å². The third kappa shape index (κ3) is 3.60. The zero-order valence-electron chi connectivity index (χ0n) is 12.9. The van der Waals surface area contributed by atoms with Gasteiger partial charge in [0.15, 0.2) is 0 Å². The Kier molecular flexibility index (Phi) is 6.68. The van der Waals surface area contributed by atoms with Gasteiger partial charge >= 0.3 is 0 Å². The molecule has 100 valence electrons. The Balaban J connectivity index is 0.00000137. The van der Waals surface area contributed by atoms with Crippen molar-refractivity contribution in [3.8, 4) is 0 Å². The van der Waals surface area contributed by atoms with Gasteiger partial charge in [0.2, 0.25) is 0 Å². The van der Waals surface area contributed by atoms with Crippen molar-refractivity contribution in [3.63, 3.8) is 0 Å². The predicted octanol–water partition coefficient (Wildman–Crippen LogP) is 5.86. The lowest BCUT2D eigenvalue weighted by Crippen LogP contribution is -2.14. The van der Waals surface area contributed by atoms with Crippen molar-refractivity contribution in [1.82, 2.24) is 0 Å². The lowest BCUT2D eigenvalue weighted by Gasteiger charge is -2.24. The van der Waals surface area contributed by atoms with Crippen molar-refractivity contribution in [2.24, 2.45) is 0 Å². The van der Waals surface area contributed by atoms with Crippen LogP contribution in [0.1, 0.15) is 63.8 Å². The van der Waals surface area contributed by atoms with Gasteiger partial charge < -0.3 is 0 Å². The standard InChI is InChI=1S/C16H22.C2H6/c1-7-12-10-11-15(16(4,5)6)14(9-3)13(12)8-2;1-2/h8-11H,2-3,7H2,1,4-6H3;1-2H3. The molecule has 0 unspecified atom stereocenters. The summed E-state index contributed by atoms with van der Waals surface area (Å²) >= 11 is 0. The maximum absolute atomic E-state index is 3.94. The van der Waals surface area contributed by atoms with E-state index in [1.165, 1.54) is 22.3 Å². The van der Waals surface area contributed by atoms with Crippen molar-refractivity contribution in [2.45, 2.75) is 53.4 Å². The largest absolute Gasteiger partial charge is 0.0984 e. The summed E-state index contributed by atoms with van der Waals surface area (Å²) in [5.41, 5.74) is 5.31. The second-order valence-electron chi connectivity index (χ2n) is 5.11. The summed E-state index contributed by atoms with van der Waals surface area (Å²) in [5, 5.41) is 0. The Bertz CT molecular complexity index is 403. The molecule has 0 radical (unpaired) electrons. The zero-order valence-corrected chi connectivity index (χ0v) is 12.9. The summed E-state index contributed by atoms with van der Waals surface area (Å²) in [6, 6.07) is 4.44. The van der Waals surface area contributed by atoms with E-state index in [0.717, 1.165) is 6.42 Å². The van der Waals surface area contributed by atoms with Gasteiger partial charge in [0.25, 0.3) is 0 Å². The van der Waals surface area contributed by atoms with Gasteiger partial charge in [-0.1, -0.05) is 79.0 Å². The highest BCUT2D eigenvalue weighted by Crippen LogP contribution is 2.31. The third-order valence-corrected chi connectivity index (χ3v) is 2.97. The van der Waals surface area contributed by atoms with Crippen molar-refractivity contribution < 1.29 is 0 Å². The average Bonchev–Trinajstić information content (AvgIpc) is 2.37. The molecule has 0 saturated heterocycles. The van der Waals surface area contributed by atoms with Gasteiger partial charge in [0.1, 0.15) is 0 Å². The lowest BCUT2D eigenvalue weighted by atomic mass is 9.80. The van der Waals surface area contributed by atoms with Crippen LogP contribution < -0.4 is 0 Å². The monoisotopic (exact) mass is 244 g/mol. The minimum absolute atomic E-state index is 0.146. The van der Waals surface area contributed by atoms with Crippen molar-refractivity contribution in [3.05, 3.63) is 47.5 Å². The van der Waals surface area contributed by atoms with Gasteiger partial charge in [0, 0.05) is 0 Å². The minimum atomic E-state index is 0.146. The van der Waals surface area contributed by atoms with Gasteiger partial charge in [-0.15, -0.1) is 0 Å². The molecule has 0 aliphatic rings. The Morgan fingerprint density at radius 1 is 1.00 bits per heavy atom. The first-order valence-corrected chi connectivity index (χ1v) is 6.87. The highest BCUT2D eigenvalue weighted by atomic mass is 14.2. The normalized spacial score (nSPS) is 10.3. The molecule has 0 fully saturated rings. The molecule has 0 spiro atoms. The van der Waals surface area contributed by atoms with E-state index in [0.29, 0.717) is 0 Å². The summed E-state index contributed by atoms with van der Waals surface area (Å²) in [4.78, 5) is 0. The highest BCUT2D eigenvalue weighted by molar-refractivity contribution is 5.70. The van der Waals surface area contributed by atoms with E-state index >= 15 is 0 Å². The van der Waals surface area contributed by atoms with Crippen molar-refractivity contribution in [1.29, 1.82) is 0 Å². The molecule has 0 aliphatic carbocycles. The van der Waals surface area contributed by atoms with Gasteiger partial charge in [-0.05, 0) is 34.1 Å². The molecule has 1 aromatic carbocycles. The molecule has 0 heterocycles. The van der Waals surface area contributed by atoms with E-state index in [1.54, 1.807) is 0 Å². The third-order valence-electron chi connectivity index (χ3n) is 2.97.